The Balaban J connectivity index is 0.858. The molecule has 9 heteroatoms. The number of nitrogens with zero attached hydrogens (tertiary/aromatic N) is 8. The minimum absolute atomic E-state index is 0.737. The highest BCUT2D eigenvalue weighted by molar-refractivity contribution is 7.00. The molecule has 0 bridgehead atoms. The van der Waals surface area contributed by atoms with Gasteiger partial charge in [-0.25, -0.2) is 9.97 Å². The molecule has 89 heavy (non-hydrogen) atoms. The molecule has 0 spiro atoms. The van der Waals surface area contributed by atoms with Crippen LogP contribution in [-0.2, 0) is 0 Å². The van der Waals surface area contributed by atoms with E-state index in [2.05, 4.69) is 322 Å². The van der Waals surface area contributed by atoms with Gasteiger partial charge in [-0.3, -0.25) is 0 Å². The molecule has 13 aromatic carbocycles. The molecule has 0 unspecified atom stereocenters. The van der Waals surface area contributed by atoms with Crippen molar-refractivity contribution in [1.82, 2.24) is 27.8 Å². The van der Waals surface area contributed by atoms with E-state index in [4.69, 9.17) is 18.7 Å². The predicted octanol–water partition coefficient (Wildman–Crippen LogP) is 21.4. The number of fused-ring (bicyclic) bond motifs is 8. The van der Waals surface area contributed by atoms with Gasteiger partial charge in [0.15, 0.2) is 0 Å². The zero-order valence-corrected chi connectivity index (χ0v) is 48.8. The Hall–Kier alpha value is -11.8. The molecule has 0 radical (unpaired) electrons. The lowest BCUT2D eigenvalue weighted by molar-refractivity contribution is 1.18. The van der Waals surface area contributed by atoms with Gasteiger partial charge in [0.1, 0.15) is 22.1 Å². The highest BCUT2D eigenvalue weighted by atomic mass is 32.1. The minimum Gasteiger partial charge on any atom is -0.310 e. The standard InChI is InChI=1S/C80H52N8S/c1-7-25-55(26-8-1)75-76(56-27-9-2-10-28-56)82-78-72(54-47-51-62(52-48-54)86(58-31-13-4-14-32-58)68-42-24-44-70-74(68)64-38-20-22-40-66(64)88(70)60-35-17-6-18-36-60)80-79(83-89-84-80)71(77(78)81-75)53-45-49-61(50-46-53)85(57-29-11-3-12-30-57)67-41-23-43-69-73(67)63-37-19-21-39-65(63)87(69)59-33-15-5-16-34-59/h1-52H. The van der Waals surface area contributed by atoms with E-state index >= 15 is 0 Å². The zero-order chi connectivity index (χ0) is 58.8. The van der Waals surface area contributed by atoms with Crippen molar-refractivity contribution in [3.8, 4) is 56.1 Å². The van der Waals surface area contributed by atoms with Crippen LogP contribution in [0.1, 0.15) is 0 Å². The van der Waals surface area contributed by atoms with Gasteiger partial charge in [-0.1, -0.05) is 206 Å². The second-order valence-electron chi connectivity index (χ2n) is 22.2. The smallest absolute Gasteiger partial charge is 0.115 e. The van der Waals surface area contributed by atoms with Gasteiger partial charge in [-0.15, -0.1) is 0 Å². The van der Waals surface area contributed by atoms with Crippen LogP contribution in [0.15, 0.2) is 315 Å². The maximum absolute atomic E-state index is 5.81. The first-order valence-electron chi connectivity index (χ1n) is 29.9. The fraction of sp³-hybridized carbons (Fsp3) is 0. The second-order valence-corrected chi connectivity index (χ2v) is 22.7. The van der Waals surface area contributed by atoms with Gasteiger partial charge in [0.25, 0.3) is 0 Å². The Kier molecular flexibility index (Phi) is 12.5. The normalized spacial score (nSPS) is 11.6. The van der Waals surface area contributed by atoms with Gasteiger partial charge in [0, 0.05) is 77.9 Å². The summed E-state index contributed by atoms with van der Waals surface area (Å²) in [6, 6.07) is 112. The van der Waals surface area contributed by atoms with Crippen LogP contribution in [0.5, 0.6) is 0 Å². The average Bonchev–Trinajstić information content (AvgIpc) is 2.52. The molecule has 8 nitrogen and oxygen atoms in total. The summed E-state index contributed by atoms with van der Waals surface area (Å²) >= 11 is 1.22. The average molecular weight is 1160 g/mol. The Morgan fingerprint density at radius 3 is 0.978 bits per heavy atom. The van der Waals surface area contributed by atoms with Gasteiger partial charge in [-0.05, 0) is 120 Å². The van der Waals surface area contributed by atoms with Gasteiger partial charge in [0.05, 0.1) is 56.6 Å². The number of para-hydroxylation sites is 6. The van der Waals surface area contributed by atoms with Gasteiger partial charge < -0.3 is 18.9 Å². The van der Waals surface area contributed by atoms with Crippen molar-refractivity contribution in [1.29, 1.82) is 0 Å². The van der Waals surface area contributed by atoms with E-state index in [1.165, 1.54) is 33.3 Å². The van der Waals surface area contributed by atoms with Crippen molar-refractivity contribution in [2.45, 2.75) is 0 Å². The first kappa shape index (κ1) is 51.6. The van der Waals surface area contributed by atoms with Crippen molar-refractivity contribution < 1.29 is 0 Å². The highest BCUT2D eigenvalue weighted by Crippen LogP contribution is 2.49. The first-order chi connectivity index (χ1) is 44.2. The summed E-state index contributed by atoms with van der Waals surface area (Å²) in [4.78, 5) is 16.4. The monoisotopic (exact) mass is 1160 g/mol. The zero-order valence-electron chi connectivity index (χ0n) is 48.0. The maximum atomic E-state index is 5.81. The highest BCUT2D eigenvalue weighted by Gasteiger charge is 2.28. The lowest BCUT2D eigenvalue weighted by Gasteiger charge is -2.27. The van der Waals surface area contributed by atoms with Crippen LogP contribution in [0.4, 0.5) is 34.1 Å². The van der Waals surface area contributed by atoms with Crippen LogP contribution < -0.4 is 9.80 Å². The molecule has 4 heterocycles. The van der Waals surface area contributed by atoms with E-state index < -0.39 is 0 Å². The van der Waals surface area contributed by atoms with Crippen LogP contribution in [-0.4, -0.2) is 27.8 Å². The fourth-order valence-electron chi connectivity index (χ4n) is 13.3. The Bertz CT molecular complexity index is 5120. The van der Waals surface area contributed by atoms with Crippen molar-refractivity contribution in [2.75, 3.05) is 9.80 Å². The van der Waals surface area contributed by atoms with Crippen molar-refractivity contribution in [2.24, 2.45) is 0 Å². The molecule has 0 saturated carbocycles. The van der Waals surface area contributed by atoms with E-state index in [0.717, 1.165) is 134 Å². The minimum atomic E-state index is 0.737. The molecule has 0 saturated heterocycles. The molecule has 0 fully saturated rings. The number of aromatic nitrogens is 6. The maximum Gasteiger partial charge on any atom is 0.115 e. The Labute approximate surface area is 517 Å². The molecule has 0 aliphatic heterocycles. The van der Waals surface area contributed by atoms with E-state index in [1.807, 2.05) is 12.1 Å². The lowest BCUT2D eigenvalue weighted by Crippen LogP contribution is -2.10. The summed E-state index contributed by atoms with van der Waals surface area (Å²) in [6.45, 7) is 0. The number of rotatable bonds is 12. The van der Waals surface area contributed by atoms with Crippen LogP contribution in [0.3, 0.4) is 0 Å². The predicted molar refractivity (Wildman–Crippen MR) is 370 cm³/mol. The molecule has 0 N–H and O–H groups in total. The van der Waals surface area contributed by atoms with Crippen molar-refractivity contribution >= 4 is 112 Å². The molecule has 0 atom stereocenters. The molecule has 0 aliphatic rings. The molecule has 17 aromatic rings. The quantitative estimate of drug-likeness (QED) is 0.121. The third-order valence-electron chi connectivity index (χ3n) is 17.1. The molecular formula is C80H52N8S. The van der Waals surface area contributed by atoms with Crippen LogP contribution >= 0.6 is 11.7 Å². The molecule has 0 amide bonds. The summed E-state index contributed by atoms with van der Waals surface area (Å²) < 4.78 is 15.1. The Morgan fingerprint density at radius 1 is 0.258 bits per heavy atom. The van der Waals surface area contributed by atoms with Crippen LogP contribution in [0.2, 0.25) is 0 Å². The van der Waals surface area contributed by atoms with Gasteiger partial charge in [0.2, 0.25) is 0 Å². The topological polar surface area (TPSA) is 67.9 Å². The number of anilines is 6. The van der Waals surface area contributed by atoms with Crippen LogP contribution in [0, 0.1) is 0 Å². The number of benzene rings is 13. The molecule has 418 valence electrons. The molecule has 4 aromatic heterocycles. The van der Waals surface area contributed by atoms with E-state index in [9.17, 15) is 0 Å². The van der Waals surface area contributed by atoms with E-state index in [1.54, 1.807) is 0 Å². The summed E-state index contributed by atoms with van der Waals surface area (Å²) in [6.07, 6.45) is 0. The molecule has 17 rings (SSSR count). The summed E-state index contributed by atoms with van der Waals surface area (Å²) in [7, 11) is 0. The number of hydrogen-bond donors (Lipinski definition) is 0. The van der Waals surface area contributed by atoms with Gasteiger partial charge in [-0.2, -0.15) is 8.75 Å². The van der Waals surface area contributed by atoms with Crippen LogP contribution in [0.25, 0.3) is 122 Å². The SMILES string of the molecule is c1ccc(-c2nc3c(-c4ccc(N(c5ccccc5)c5cccc6c5c5ccccc5n6-c5ccccc5)cc4)c4nsnc4c(-c4ccc(N(c5ccccc5)c5cccc6c5c5ccccc5n6-c5ccccc5)cc4)c3nc2-c2ccccc2)cc1. The molecule has 0 aliphatic carbocycles. The summed E-state index contributed by atoms with van der Waals surface area (Å²) in [5.41, 5.74) is 23.2. The van der Waals surface area contributed by atoms with Crippen molar-refractivity contribution in [3.63, 3.8) is 0 Å². The van der Waals surface area contributed by atoms with Gasteiger partial charge >= 0.3 is 0 Å². The second kappa shape index (κ2) is 21.6. The lowest BCUT2D eigenvalue weighted by atomic mass is 9.93. The third-order valence-corrected chi connectivity index (χ3v) is 17.7. The largest absolute Gasteiger partial charge is 0.310 e. The summed E-state index contributed by atoms with van der Waals surface area (Å²) in [5, 5.41) is 4.69. The van der Waals surface area contributed by atoms with E-state index in [-0.39, 0.29) is 0 Å². The fourth-order valence-corrected chi connectivity index (χ4v) is 13.9. The van der Waals surface area contributed by atoms with E-state index in [0.29, 0.717) is 0 Å². The summed E-state index contributed by atoms with van der Waals surface area (Å²) in [5.74, 6) is 0. The Morgan fingerprint density at radius 2 is 0.584 bits per heavy atom. The third kappa shape index (κ3) is 8.66. The number of hydrogen-bond acceptors (Lipinski definition) is 7. The van der Waals surface area contributed by atoms with Crippen molar-refractivity contribution in [3.05, 3.63) is 315 Å². The molecular weight excluding hydrogens is 1110 g/mol. The first-order valence-corrected chi connectivity index (χ1v) is 30.6.